The maximum Gasteiger partial charge on any atom is 0.245 e. The van der Waals surface area contributed by atoms with E-state index in [2.05, 4.69) is 6.92 Å². The Balaban J connectivity index is 1.52. The molecule has 214 valence electrons. The summed E-state index contributed by atoms with van der Waals surface area (Å²) >= 11 is 0. The van der Waals surface area contributed by atoms with Gasteiger partial charge in [-0.3, -0.25) is 14.4 Å². The second kappa shape index (κ2) is 10.1. The Bertz CT molecular complexity index is 1580. The molecule has 6 nitrogen and oxygen atoms in total. The first-order valence-corrected chi connectivity index (χ1v) is 15.1. The summed E-state index contributed by atoms with van der Waals surface area (Å²) in [5.41, 5.74) is 0.326. The topological polar surface area (TPSA) is 83.9 Å². The number of rotatable bonds is 5. The fraction of sp³-hybridized carbons (Fsp3) is 0.361. The molecule has 1 amide bonds. The molecule has 6 heteroatoms. The third-order valence-corrected chi connectivity index (χ3v) is 9.95. The molecule has 0 bridgehead atoms. The maximum atomic E-state index is 15.2. The van der Waals surface area contributed by atoms with Crippen molar-refractivity contribution in [1.82, 2.24) is 0 Å². The molecule has 0 radical (unpaired) electrons. The summed E-state index contributed by atoms with van der Waals surface area (Å²) in [6.07, 6.45) is 0.704. The molecule has 0 unspecified atom stereocenters. The van der Waals surface area contributed by atoms with Gasteiger partial charge in [-0.1, -0.05) is 92.2 Å². The van der Waals surface area contributed by atoms with Crippen LogP contribution in [0.15, 0.2) is 96.3 Å². The molecule has 4 aliphatic rings. The molecule has 3 aromatic rings. The smallest absolute Gasteiger partial charge is 0.245 e. The second-order valence-corrected chi connectivity index (χ2v) is 12.1. The lowest BCUT2D eigenvalue weighted by atomic mass is 9.53. The van der Waals surface area contributed by atoms with Crippen LogP contribution in [0, 0.1) is 11.3 Å². The lowest BCUT2D eigenvalue weighted by Gasteiger charge is -2.49. The normalized spacial score (nSPS) is 27.9. The van der Waals surface area contributed by atoms with E-state index in [-0.39, 0.29) is 36.2 Å². The number of carbonyl (C=O) groups excluding carboxylic acids is 3. The monoisotopic (exact) mass is 561 g/mol. The Morgan fingerprint density at radius 2 is 1.50 bits per heavy atom. The minimum absolute atomic E-state index is 0.137. The van der Waals surface area contributed by atoms with Crippen molar-refractivity contribution in [3.8, 4) is 0 Å². The summed E-state index contributed by atoms with van der Waals surface area (Å²) < 4.78 is 6.67. The SMILES string of the molecule is CCC[C@H]1CC2=C(C13C(=O)CCCC3=O)[C@]1(C(=O)N(Cc3ccccc3)c3ccccc31)[C@@H](O)[C@H](c1ccccc1)O2. The molecule has 0 saturated heterocycles. The highest BCUT2D eigenvalue weighted by Gasteiger charge is 2.73. The van der Waals surface area contributed by atoms with Gasteiger partial charge in [-0.15, -0.1) is 0 Å². The molecule has 42 heavy (non-hydrogen) atoms. The first-order chi connectivity index (χ1) is 20.4. The van der Waals surface area contributed by atoms with E-state index in [0.717, 1.165) is 17.5 Å². The maximum absolute atomic E-state index is 15.2. The zero-order valence-electron chi connectivity index (χ0n) is 23.8. The van der Waals surface area contributed by atoms with Gasteiger partial charge in [-0.25, -0.2) is 0 Å². The van der Waals surface area contributed by atoms with Gasteiger partial charge in [0.05, 0.1) is 12.3 Å². The number of ether oxygens (including phenoxy) is 1. The van der Waals surface area contributed by atoms with E-state index in [9.17, 15) is 14.7 Å². The van der Waals surface area contributed by atoms with Crippen molar-refractivity contribution < 1.29 is 24.2 Å². The van der Waals surface area contributed by atoms with Crippen molar-refractivity contribution in [3.63, 3.8) is 0 Å². The zero-order valence-corrected chi connectivity index (χ0v) is 23.8. The summed E-state index contributed by atoms with van der Waals surface area (Å²) in [6.45, 7) is 2.36. The summed E-state index contributed by atoms with van der Waals surface area (Å²) in [5.74, 6) is -0.361. The predicted molar refractivity (Wildman–Crippen MR) is 158 cm³/mol. The first-order valence-electron chi connectivity index (χ1n) is 15.1. The molecule has 1 N–H and O–H groups in total. The number of aliphatic hydroxyl groups is 1. The number of benzene rings is 3. The van der Waals surface area contributed by atoms with Crippen LogP contribution in [0.25, 0.3) is 0 Å². The minimum Gasteiger partial charge on any atom is -0.487 e. The van der Waals surface area contributed by atoms with Gasteiger partial charge in [0.15, 0.2) is 17.7 Å². The van der Waals surface area contributed by atoms with Crippen LogP contribution < -0.4 is 4.90 Å². The van der Waals surface area contributed by atoms with Crippen LogP contribution in [0.5, 0.6) is 0 Å². The van der Waals surface area contributed by atoms with Crippen molar-refractivity contribution in [2.24, 2.45) is 11.3 Å². The standard InChI is InChI=1S/C36H35NO5/c1-2-12-25-21-28-32(35(25)29(38)19-11-20-30(35)39)36(33(40)31(42-28)24-15-7-4-8-16-24)26-17-9-10-18-27(26)37(34(36)41)22-23-13-5-3-6-14-23/h3-10,13-18,25,31,33,40H,2,11-12,19-22H2,1H3/t25-,31-,33-,36-/m0/s1. The minimum atomic E-state index is -1.63. The molecular formula is C36H35NO5. The number of carbonyl (C=O) groups is 3. The third kappa shape index (κ3) is 3.51. The predicted octanol–water partition coefficient (Wildman–Crippen LogP) is 5.99. The highest BCUT2D eigenvalue weighted by atomic mass is 16.5. The number of allylic oxidation sites excluding steroid dienone is 1. The van der Waals surface area contributed by atoms with E-state index >= 15 is 4.79 Å². The number of anilines is 1. The van der Waals surface area contributed by atoms with E-state index in [0.29, 0.717) is 48.4 Å². The number of nitrogens with zero attached hydrogens (tertiary/aromatic N) is 1. The largest absolute Gasteiger partial charge is 0.487 e. The number of Topliss-reactive ketones (excluding diaryl/α,β-unsaturated/α-hetero) is 2. The number of aliphatic hydroxyl groups excluding tert-OH is 1. The molecule has 1 fully saturated rings. The van der Waals surface area contributed by atoms with E-state index in [1.165, 1.54) is 0 Å². The molecule has 2 heterocycles. The van der Waals surface area contributed by atoms with Crippen molar-refractivity contribution in [3.05, 3.63) is 113 Å². The summed E-state index contributed by atoms with van der Waals surface area (Å²) in [5, 5.41) is 12.6. The first kappa shape index (κ1) is 26.8. The number of amides is 1. The van der Waals surface area contributed by atoms with Crippen LogP contribution in [0.4, 0.5) is 5.69 Å². The number of ketones is 2. The number of para-hydroxylation sites is 1. The van der Waals surface area contributed by atoms with Gasteiger partial charge < -0.3 is 14.7 Å². The molecular weight excluding hydrogens is 526 g/mol. The summed E-state index contributed by atoms with van der Waals surface area (Å²) in [6, 6.07) is 26.8. The van der Waals surface area contributed by atoms with Crippen LogP contribution in [0.1, 0.15) is 68.2 Å². The average Bonchev–Trinajstić information content (AvgIpc) is 3.46. The van der Waals surface area contributed by atoms with E-state index < -0.39 is 23.0 Å². The van der Waals surface area contributed by atoms with E-state index in [4.69, 9.17) is 4.74 Å². The Kier molecular flexibility index (Phi) is 6.43. The van der Waals surface area contributed by atoms with Gasteiger partial charge >= 0.3 is 0 Å². The molecule has 2 spiro atoms. The fourth-order valence-electron chi connectivity index (χ4n) is 8.32. The van der Waals surface area contributed by atoms with Gasteiger partial charge in [0.1, 0.15) is 16.9 Å². The number of hydrogen-bond acceptors (Lipinski definition) is 5. The summed E-state index contributed by atoms with van der Waals surface area (Å²) in [7, 11) is 0. The van der Waals surface area contributed by atoms with Crippen LogP contribution >= 0.6 is 0 Å². The Labute approximate surface area is 246 Å². The fourth-order valence-corrected chi connectivity index (χ4v) is 8.32. The molecule has 3 aromatic carbocycles. The van der Waals surface area contributed by atoms with Gasteiger partial charge in [-0.2, -0.15) is 0 Å². The molecule has 4 atom stereocenters. The average molecular weight is 562 g/mol. The molecule has 1 saturated carbocycles. The molecule has 2 aliphatic carbocycles. The number of hydrogen-bond donors (Lipinski definition) is 1. The molecule has 7 rings (SSSR count). The zero-order chi connectivity index (χ0) is 29.1. The molecule has 0 aromatic heterocycles. The van der Waals surface area contributed by atoms with Gasteiger partial charge in [0.25, 0.3) is 0 Å². The lowest BCUT2D eigenvalue weighted by molar-refractivity contribution is -0.147. The van der Waals surface area contributed by atoms with Crippen LogP contribution in [0.2, 0.25) is 0 Å². The molecule has 2 aliphatic heterocycles. The van der Waals surface area contributed by atoms with Crippen LogP contribution in [-0.2, 0) is 31.1 Å². The quantitative estimate of drug-likeness (QED) is 0.387. The summed E-state index contributed by atoms with van der Waals surface area (Å²) in [4.78, 5) is 45.4. The number of fused-ring (bicyclic) bond motifs is 4. The van der Waals surface area contributed by atoms with Gasteiger partial charge in [-0.05, 0) is 41.5 Å². The van der Waals surface area contributed by atoms with Crippen LogP contribution in [-0.4, -0.2) is 28.7 Å². The van der Waals surface area contributed by atoms with Crippen molar-refractivity contribution in [2.45, 2.75) is 69.6 Å². The highest BCUT2D eigenvalue weighted by molar-refractivity contribution is 6.18. The van der Waals surface area contributed by atoms with E-state index in [1.54, 1.807) is 4.90 Å². The van der Waals surface area contributed by atoms with Crippen molar-refractivity contribution in [1.29, 1.82) is 0 Å². The van der Waals surface area contributed by atoms with Gasteiger partial charge in [0, 0.05) is 30.5 Å². The highest BCUT2D eigenvalue weighted by Crippen LogP contribution is 2.67. The third-order valence-electron chi connectivity index (χ3n) is 9.95. The van der Waals surface area contributed by atoms with Crippen LogP contribution in [0.3, 0.4) is 0 Å². The van der Waals surface area contributed by atoms with Crippen molar-refractivity contribution >= 4 is 23.2 Å². The Morgan fingerprint density at radius 1 is 0.857 bits per heavy atom. The lowest BCUT2D eigenvalue weighted by Crippen LogP contribution is -2.61. The van der Waals surface area contributed by atoms with Crippen molar-refractivity contribution in [2.75, 3.05) is 4.90 Å². The Hall–Kier alpha value is -4.03. The van der Waals surface area contributed by atoms with E-state index in [1.807, 2.05) is 84.9 Å². The second-order valence-electron chi connectivity index (χ2n) is 12.1. The Morgan fingerprint density at radius 3 is 2.19 bits per heavy atom. The van der Waals surface area contributed by atoms with Gasteiger partial charge in [0.2, 0.25) is 5.91 Å².